The summed E-state index contributed by atoms with van der Waals surface area (Å²) in [6.07, 6.45) is 0. The van der Waals surface area contributed by atoms with Gasteiger partial charge in [-0.15, -0.1) is 0 Å². The molecule has 1 rings (SSSR count). The zero-order chi connectivity index (χ0) is 12.8. The Morgan fingerprint density at radius 2 is 2.06 bits per heavy atom. The Labute approximate surface area is 98.7 Å². The Kier molecular flexibility index (Phi) is 4.96. The smallest absolute Gasteiger partial charge is 0.387 e. The number of hydrogen-bond donors (Lipinski definition) is 2. The van der Waals surface area contributed by atoms with Crippen LogP contribution in [0.3, 0.4) is 0 Å². The zero-order valence-corrected chi connectivity index (χ0v) is 9.74. The summed E-state index contributed by atoms with van der Waals surface area (Å²) in [4.78, 5) is 0. The summed E-state index contributed by atoms with van der Waals surface area (Å²) in [6.45, 7) is -0.555. The van der Waals surface area contributed by atoms with E-state index < -0.39 is 6.61 Å². The number of anilines is 1. The SMILES string of the molecule is COc1ccc(NC(C)CN)cc1OC(F)F. The van der Waals surface area contributed by atoms with Crippen LogP contribution in [0.25, 0.3) is 0 Å². The molecule has 0 radical (unpaired) electrons. The van der Waals surface area contributed by atoms with Crippen LogP contribution in [0.2, 0.25) is 0 Å². The number of hydrogen-bond acceptors (Lipinski definition) is 4. The monoisotopic (exact) mass is 246 g/mol. The number of benzene rings is 1. The quantitative estimate of drug-likeness (QED) is 0.806. The lowest BCUT2D eigenvalue weighted by Gasteiger charge is -2.15. The Hall–Kier alpha value is -1.56. The van der Waals surface area contributed by atoms with E-state index in [0.29, 0.717) is 12.2 Å². The standard InChI is InChI=1S/C11H16F2N2O2/c1-7(6-14)15-8-3-4-9(16-2)10(5-8)17-11(12)13/h3-5,7,11,15H,6,14H2,1-2H3. The number of ether oxygens (including phenoxy) is 2. The van der Waals surface area contributed by atoms with Crippen molar-refractivity contribution in [3.8, 4) is 11.5 Å². The minimum Gasteiger partial charge on any atom is -0.493 e. The third kappa shape index (κ3) is 4.07. The fourth-order valence-electron chi connectivity index (χ4n) is 1.30. The molecule has 0 amide bonds. The number of nitrogens with two attached hydrogens (primary N) is 1. The predicted octanol–water partition coefficient (Wildman–Crippen LogP) is 2.06. The van der Waals surface area contributed by atoms with Gasteiger partial charge in [-0.2, -0.15) is 8.78 Å². The average molecular weight is 246 g/mol. The highest BCUT2D eigenvalue weighted by Gasteiger charge is 2.11. The third-order valence-electron chi connectivity index (χ3n) is 2.15. The highest BCUT2D eigenvalue weighted by molar-refractivity contribution is 5.55. The fraction of sp³-hybridized carbons (Fsp3) is 0.455. The van der Waals surface area contributed by atoms with Gasteiger partial charge >= 0.3 is 6.61 Å². The molecule has 3 N–H and O–H groups in total. The number of alkyl halides is 2. The van der Waals surface area contributed by atoms with Crippen LogP contribution in [0.1, 0.15) is 6.92 Å². The molecule has 0 spiro atoms. The van der Waals surface area contributed by atoms with Crippen molar-refractivity contribution in [3.05, 3.63) is 18.2 Å². The van der Waals surface area contributed by atoms with Crippen molar-refractivity contribution >= 4 is 5.69 Å². The number of methoxy groups -OCH3 is 1. The van der Waals surface area contributed by atoms with Crippen LogP contribution in [-0.4, -0.2) is 26.3 Å². The molecular formula is C11H16F2N2O2. The van der Waals surface area contributed by atoms with Gasteiger partial charge in [-0.05, 0) is 19.1 Å². The maximum absolute atomic E-state index is 12.2. The van der Waals surface area contributed by atoms with E-state index >= 15 is 0 Å². The number of rotatable bonds is 6. The van der Waals surface area contributed by atoms with Crippen molar-refractivity contribution in [1.29, 1.82) is 0 Å². The minimum absolute atomic E-state index is 0.00304. The summed E-state index contributed by atoms with van der Waals surface area (Å²) >= 11 is 0. The Balaban J connectivity index is 2.88. The van der Waals surface area contributed by atoms with Crippen molar-refractivity contribution in [2.45, 2.75) is 19.6 Å². The zero-order valence-electron chi connectivity index (χ0n) is 9.74. The van der Waals surface area contributed by atoms with Crippen molar-refractivity contribution in [2.24, 2.45) is 5.73 Å². The van der Waals surface area contributed by atoms with Gasteiger partial charge in [0, 0.05) is 24.3 Å². The molecule has 1 aromatic rings. The molecule has 1 atom stereocenters. The van der Waals surface area contributed by atoms with E-state index in [0.717, 1.165) is 0 Å². The fourth-order valence-corrected chi connectivity index (χ4v) is 1.30. The van der Waals surface area contributed by atoms with Gasteiger partial charge < -0.3 is 20.5 Å². The lowest BCUT2D eigenvalue weighted by atomic mass is 10.2. The Morgan fingerprint density at radius 3 is 2.59 bits per heavy atom. The largest absolute Gasteiger partial charge is 0.493 e. The van der Waals surface area contributed by atoms with Gasteiger partial charge in [0.15, 0.2) is 11.5 Å². The molecule has 0 aliphatic carbocycles. The van der Waals surface area contributed by atoms with Crippen LogP contribution in [0.5, 0.6) is 11.5 Å². The summed E-state index contributed by atoms with van der Waals surface area (Å²) < 4.78 is 33.6. The van der Waals surface area contributed by atoms with E-state index in [1.54, 1.807) is 12.1 Å². The normalized spacial score (nSPS) is 12.4. The second-order valence-corrected chi connectivity index (χ2v) is 3.53. The Morgan fingerprint density at radius 1 is 1.35 bits per heavy atom. The van der Waals surface area contributed by atoms with E-state index in [1.165, 1.54) is 13.2 Å². The third-order valence-corrected chi connectivity index (χ3v) is 2.15. The molecule has 0 fully saturated rings. The molecule has 0 saturated heterocycles. The van der Waals surface area contributed by atoms with Gasteiger partial charge in [-0.1, -0.05) is 0 Å². The summed E-state index contributed by atoms with van der Waals surface area (Å²) in [5.74, 6) is 0.257. The van der Waals surface area contributed by atoms with Crippen molar-refractivity contribution < 1.29 is 18.3 Å². The van der Waals surface area contributed by atoms with Crippen LogP contribution in [0, 0.1) is 0 Å². The molecular weight excluding hydrogens is 230 g/mol. The summed E-state index contributed by atoms with van der Waals surface area (Å²) in [7, 11) is 1.39. The van der Waals surface area contributed by atoms with Gasteiger partial charge in [0.05, 0.1) is 7.11 Å². The first kappa shape index (κ1) is 13.5. The molecule has 96 valence electrons. The minimum atomic E-state index is -2.88. The molecule has 0 bridgehead atoms. The van der Waals surface area contributed by atoms with Gasteiger partial charge in [0.2, 0.25) is 0 Å². The lowest BCUT2D eigenvalue weighted by molar-refractivity contribution is -0.0511. The molecule has 4 nitrogen and oxygen atoms in total. The van der Waals surface area contributed by atoms with E-state index in [4.69, 9.17) is 10.5 Å². The Bertz CT molecular complexity index is 361. The van der Waals surface area contributed by atoms with E-state index in [-0.39, 0.29) is 17.5 Å². The molecule has 0 aliphatic heterocycles. The molecule has 6 heteroatoms. The summed E-state index contributed by atoms with van der Waals surface area (Å²) in [5, 5.41) is 3.05. The first-order chi connectivity index (χ1) is 8.06. The summed E-state index contributed by atoms with van der Waals surface area (Å²) in [6, 6.07) is 4.77. The highest BCUT2D eigenvalue weighted by Crippen LogP contribution is 2.31. The second-order valence-electron chi connectivity index (χ2n) is 3.53. The van der Waals surface area contributed by atoms with Crippen molar-refractivity contribution in [1.82, 2.24) is 0 Å². The lowest BCUT2D eigenvalue weighted by Crippen LogP contribution is -2.25. The first-order valence-corrected chi connectivity index (χ1v) is 5.16. The average Bonchev–Trinajstić information content (AvgIpc) is 2.28. The van der Waals surface area contributed by atoms with E-state index in [1.807, 2.05) is 6.92 Å². The highest BCUT2D eigenvalue weighted by atomic mass is 19.3. The first-order valence-electron chi connectivity index (χ1n) is 5.16. The van der Waals surface area contributed by atoms with Crippen LogP contribution in [0.15, 0.2) is 18.2 Å². The summed E-state index contributed by atoms with van der Waals surface area (Å²) in [5.41, 5.74) is 6.11. The van der Waals surface area contributed by atoms with Gasteiger partial charge in [-0.3, -0.25) is 0 Å². The molecule has 0 saturated carbocycles. The molecule has 1 unspecified atom stereocenters. The van der Waals surface area contributed by atoms with Crippen LogP contribution in [-0.2, 0) is 0 Å². The van der Waals surface area contributed by atoms with E-state index in [2.05, 4.69) is 10.1 Å². The topological polar surface area (TPSA) is 56.5 Å². The molecule has 0 aromatic heterocycles. The number of nitrogens with one attached hydrogen (secondary N) is 1. The second kappa shape index (κ2) is 6.24. The predicted molar refractivity (Wildman–Crippen MR) is 61.8 cm³/mol. The maximum Gasteiger partial charge on any atom is 0.387 e. The van der Waals surface area contributed by atoms with Gasteiger partial charge in [-0.25, -0.2) is 0 Å². The molecule has 0 aliphatic rings. The maximum atomic E-state index is 12.2. The molecule has 1 aromatic carbocycles. The van der Waals surface area contributed by atoms with E-state index in [9.17, 15) is 8.78 Å². The molecule has 0 heterocycles. The van der Waals surface area contributed by atoms with Crippen molar-refractivity contribution in [3.63, 3.8) is 0 Å². The number of halogens is 2. The molecule has 17 heavy (non-hydrogen) atoms. The van der Waals surface area contributed by atoms with Crippen LogP contribution < -0.4 is 20.5 Å². The van der Waals surface area contributed by atoms with Gasteiger partial charge in [0.25, 0.3) is 0 Å². The van der Waals surface area contributed by atoms with Crippen molar-refractivity contribution in [2.75, 3.05) is 19.0 Å². The van der Waals surface area contributed by atoms with Gasteiger partial charge in [0.1, 0.15) is 0 Å². The van der Waals surface area contributed by atoms with Crippen LogP contribution in [0.4, 0.5) is 14.5 Å². The van der Waals surface area contributed by atoms with Crippen LogP contribution >= 0.6 is 0 Å².